The van der Waals surface area contributed by atoms with Crippen LogP contribution < -0.4 is 20.9 Å². The number of ether oxygens (including phenoxy) is 1. The summed E-state index contributed by atoms with van der Waals surface area (Å²) in [6.07, 6.45) is 2.65. The molecule has 0 fully saturated rings. The SMILES string of the molecule is CCc1ccc(NC(=O)Nc2ccc(OCc3cc(=O)n4cccc(C)c4n3)cc2)cc1. The van der Waals surface area contributed by atoms with Crippen molar-refractivity contribution >= 4 is 23.1 Å². The van der Waals surface area contributed by atoms with Crippen molar-refractivity contribution in [2.45, 2.75) is 26.9 Å². The van der Waals surface area contributed by atoms with Crippen LogP contribution in [0, 0.1) is 6.92 Å². The van der Waals surface area contributed by atoms with E-state index in [0.29, 0.717) is 22.8 Å². The minimum absolute atomic E-state index is 0.146. The first-order chi connectivity index (χ1) is 15.5. The number of rotatable bonds is 6. The fraction of sp³-hybridized carbons (Fsp3) is 0.160. The van der Waals surface area contributed by atoms with Crippen LogP contribution in [0.3, 0.4) is 0 Å². The van der Waals surface area contributed by atoms with Gasteiger partial charge in [0.05, 0.1) is 5.69 Å². The minimum atomic E-state index is -0.320. The molecule has 0 atom stereocenters. The van der Waals surface area contributed by atoms with Gasteiger partial charge in [0.1, 0.15) is 18.0 Å². The van der Waals surface area contributed by atoms with Crippen molar-refractivity contribution in [3.63, 3.8) is 0 Å². The molecule has 0 saturated heterocycles. The maximum Gasteiger partial charge on any atom is 0.323 e. The van der Waals surface area contributed by atoms with Crippen LogP contribution in [0.5, 0.6) is 5.75 Å². The average Bonchev–Trinajstić information content (AvgIpc) is 2.80. The van der Waals surface area contributed by atoms with E-state index in [1.807, 2.05) is 43.3 Å². The molecule has 2 aromatic heterocycles. The molecule has 0 radical (unpaired) electrons. The van der Waals surface area contributed by atoms with E-state index in [1.165, 1.54) is 16.0 Å². The molecule has 4 aromatic rings. The Kier molecular flexibility index (Phi) is 6.17. The summed E-state index contributed by atoms with van der Waals surface area (Å²) in [6, 6.07) is 19.6. The van der Waals surface area contributed by atoms with Gasteiger partial charge in [0.15, 0.2) is 0 Å². The summed E-state index contributed by atoms with van der Waals surface area (Å²) in [6.45, 7) is 4.16. The maximum atomic E-state index is 12.3. The van der Waals surface area contributed by atoms with Crippen molar-refractivity contribution in [1.29, 1.82) is 0 Å². The Hall–Kier alpha value is -4.13. The normalized spacial score (nSPS) is 10.7. The van der Waals surface area contributed by atoms with Gasteiger partial charge in [-0.15, -0.1) is 0 Å². The molecule has 2 aromatic carbocycles. The monoisotopic (exact) mass is 428 g/mol. The number of hydrogen-bond donors (Lipinski definition) is 2. The number of hydrogen-bond acceptors (Lipinski definition) is 4. The van der Waals surface area contributed by atoms with Gasteiger partial charge in [-0.05, 0) is 66.9 Å². The second-order valence-corrected chi connectivity index (χ2v) is 7.41. The zero-order chi connectivity index (χ0) is 22.5. The minimum Gasteiger partial charge on any atom is -0.487 e. The molecule has 0 aliphatic carbocycles. The largest absolute Gasteiger partial charge is 0.487 e. The summed E-state index contributed by atoms with van der Waals surface area (Å²) in [5.74, 6) is 0.609. The molecular formula is C25H24N4O3. The Bertz CT molecular complexity index is 1300. The van der Waals surface area contributed by atoms with Crippen LogP contribution in [0.15, 0.2) is 77.7 Å². The van der Waals surface area contributed by atoms with E-state index in [2.05, 4.69) is 22.5 Å². The van der Waals surface area contributed by atoms with Crippen molar-refractivity contribution in [3.05, 3.63) is 100 Å². The lowest BCUT2D eigenvalue weighted by atomic mass is 10.1. The van der Waals surface area contributed by atoms with Crippen LogP contribution in [0.1, 0.15) is 23.7 Å². The molecule has 0 spiro atoms. The second-order valence-electron chi connectivity index (χ2n) is 7.41. The van der Waals surface area contributed by atoms with Crippen molar-refractivity contribution < 1.29 is 9.53 Å². The number of aryl methyl sites for hydroxylation is 2. The van der Waals surface area contributed by atoms with Gasteiger partial charge in [0, 0.05) is 23.6 Å². The van der Waals surface area contributed by atoms with E-state index in [9.17, 15) is 9.59 Å². The Labute approximate surface area is 185 Å². The highest BCUT2D eigenvalue weighted by molar-refractivity contribution is 5.99. The first kappa shape index (κ1) is 21.1. The Morgan fingerprint density at radius 3 is 2.31 bits per heavy atom. The molecule has 0 unspecified atom stereocenters. The lowest BCUT2D eigenvalue weighted by Crippen LogP contribution is -2.19. The predicted molar refractivity (Wildman–Crippen MR) is 125 cm³/mol. The number of nitrogens with one attached hydrogen (secondary N) is 2. The fourth-order valence-electron chi connectivity index (χ4n) is 3.29. The third kappa shape index (κ3) is 4.95. The molecule has 0 saturated carbocycles. The van der Waals surface area contributed by atoms with Gasteiger partial charge in [-0.2, -0.15) is 0 Å². The topological polar surface area (TPSA) is 84.7 Å². The summed E-state index contributed by atoms with van der Waals surface area (Å²) in [7, 11) is 0. The molecule has 0 aliphatic heterocycles. The van der Waals surface area contributed by atoms with Gasteiger partial charge < -0.3 is 15.4 Å². The van der Waals surface area contributed by atoms with E-state index in [1.54, 1.807) is 30.5 Å². The number of amides is 2. The molecule has 2 amide bonds. The number of carbonyl (C=O) groups is 1. The first-order valence-corrected chi connectivity index (χ1v) is 10.4. The highest BCUT2D eigenvalue weighted by atomic mass is 16.5. The Morgan fingerprint density at radius 1 is 1.00 bits per heavy atom. The third-order valence-corrected chi connectivity index (χ3v) is 5.06. The average molecular weight is 428 g/mol. The number of benzene rings is 2. The number of fused-ring (bicyclic) bond motifs is 1. The van der Waals surface area contributed by atoms with Crippen LogP contribution in [0.4, 0.5) is 16.2 Å². The number of pyridine rings is 1. The second kappa shape index (κ2) is 9.34. The smallest absolute Gasteiger partial charge is 0.323 e. The van der Waals surface area contributed by atoms with Crippen molar-refractivity contribution in [1.82, 2.24) is 9.38 Å². The Balaban J connectivity index is 1.35. The predicted octanol–water partition coefficient (Wildman–Crippen LogP) is 4.79. The van der Waals surface area contributed by atoms with E-state index >= 15 is 0 Å². The van der Waals surface area contributed by atoms with Crippen molar-refractivity contribution in [2.75, 3.05) is 10.6 Å². The van der Waals surface area contributed by atoms with Gasteiger partial charge in [0.2, 0.25) is 0 Å². The molecule has 0 bridgehead atoms. The molecular weight excluding hydrogens is 404 g/mol. The lowest BCUT2D eigenvalue weighted by molar-refractivity contribution is 0.262. The number of urea groups is 1. The van der Waals surface area contributed by atoms with E-state index in [0.717, 1.165) is 17.7 Å². The quantitative estimate of drug-likeness (QED) is 0.463. The highest BCUT2D eigenvalue weighted by Crippen LogP contribution is 2.18. The van der Waals surface area contributed by atoms with Gasteiger partial charge in [-0.1, -0.05) is 25.1 Å². The van der Waals surface area contributed by atoms with Crippen molar-refractivity contribution in [2.24, 2.45) is 0 Å². The van der Waals surface area contributed by atoms with Gasteiger partial charge >= 0.3 is 6.03 Å². The van der Waals surface area contributed by atoms with Gasteiger partial charge in [-0.25, -0.2) is 9.78 Å². The summed E-state index contributed by atoms with van der Waals surface area (Å²) in [5, 5.41) is 5.60. The number of aromatic nitrogens is 2. The standard InChI is InChI=1S/C25H24N4O3/c1-3-18-6-8-19(9-7-18)27-25(31)28-20-10-12-22(13-11-20)32-16-21-15-23(30)29-14-4-5-17(2)24(29)26-21/h4-15H,3,16H2,1-2H3,(H2,27,28,31). The summed E-state index contributed by atoms with van der Waals surface area (Å²) in [4.78, 5) is 29.0. The van der Waals surface area contributed by atoms with E-state index < -0.39 is 0 Å². The van der Waals surface area contributed by atoms with Crippen LogP contribution in [-0.4, -0.2) is 15.4 Å². The molecule has 2 N–H and O–H groups in total. The summed E-state index contributed by atoms with van der Waals surface area (Å²) < 4.78 is 7.29. The fourth-order valence-corrected chi connectivity index (χ4v) is 3.29. The Morgan fingerprint density at radius 2 is 1.66 bits per heavy atom. The van der Waals surface area contributed by atoms with Crippen LogP contribution in [0.2, 0.25) is 0 Å². The third-order valence-electron chi connectivity index (χ3n) is 5.06. The first-order valence-electron chi connectivity index (χ1n) is 10.4. The molecule has 4 rings (SSSR count). The number of carbonyl (C=O) groups excluding carboxylic acids is 1. The van der Waals surface area contributed by atoms with Gasteiger partial charge in [0.25, 0.3) is 5.56 Å². The summed E-state index contributed by atoms with van der Waals surface area (Å²) >= 11 is 0. The summed E-state index contributed by atoms with van der Waals surface area (Å²) in [5.41, 5.74) is 4.53. The zero-order valence-electron chi connectivity index (χ0n) is 18.0. The molecule has 7 heteroatoms. The number of anilines is 2. The lowest BCUT2D eigenvalue weighted by Gasteiger charge is -2.10. The van der Waals surface area contributed by atoms with Crippen molar-refractivity contribution in [3.8, 4) is 5.75 Å². The van der Waals surface area contributed by atoms with Crippen LogP contribution >= 0.6 is 0 Å². The van der Waals surface area contributed by atoms with E-state index in [4.69, 9.17) is 4.74 Å². The molecule has 32 heavy (non-hydrogen) atoms. The zero-order valence-corrected chi connectivity index (χ0v) is 18.0. The van der Waals surface area contributed by atoms with Crippen LogP contribution in [0.25, 0.3) is 5.65 Å². The maximum absolute atomic E-state index is 12.3. The van der Waals surface area contributed by atoms with Gasteiger partial charge in [-0.3, -0.25) is 9.20 Å². The van der Waals surface area contributed by atoms with E-state index in [-0.39, 0.29) is 18.2 Å². The molecule has 162 valence electrons. The highest BCUT2D eigenvalue weighted by Gasteiger charge is 2.06. The van der Waals surface area contributed by atoms with Crippen LogP contribution in [-0.2, 0) is 13.0 Å². The molecule has 2 heterocycles. The molecule has 0 aliphatic rings. The molecule has 7 nitrogen and oxygen atoms in total. The number of nitrogens with zero attached hydrogens (tertiary/aromatic N) is 2.